The first kappa shape index (κ1) is 22.8. The number of hydrogen-bond donors (Lipinski definition) is 2. The molecule has 152 valence electrons. The van der Waals surface area contributed by atoms with E-state index >= 15 is 0 Å². The van der Waals surface area contributed by atoms with Crippen LogP contribution in [-0.2, 0) is 35.1 Å². The van der Waals surface area contributed by atoms with E-state index in [1.807, 2.05) is 0 Å². The monoisotopic (exact) mass is 394 g/mol. The molecule has 0 saturated heterocycles. The third-order valence-electron chi connectivity index (χ3n) is 3.65. The molecule has 0 radical (unpaired) electrons. The molecule has 0 bridgehead atoms. The number of esters is 2. The highest BCUT2D eigenvalue weighted by atomic mass is 19.1. The van der Waals surface area contributed by atoms with E-state index in [0.717, 1.165) is 13.2 Å². The summed E-state index contributed by atoms with van der Waals surface area (Å²) in [4.78, 5) is 47.1. The van der Waals surface area contributed by atoms with Crippen molar-refractivity contribution in [2.75, 3.05) is 14.2 Å². The molecule has 9 heteroatoms. The number of methoxy groups -OCH3 is 2. The molecule has 0 heterocycles. The first-order valence-electron chi connectivity index (χ1n) is 8.41. The lowest BCUT2D eigenvalue weighted by Gasteiger charge is -2.21. The number of rotatable bonds is 9. The highest BCUT2D eigenvalue weighted by molar-refractivity contribution is 5.90. The quantitative estimate of drug-likeness (QED) is 0.470. The molecule has 2 atom stereocenters. The fraction of sp³-hybridized carbons (Fsp3) is 0.368. The summed E-state index contributed by atoms with van der Waals surface area (Å²) < 4.78 is 22.5. The van der Waals surface area contributed by atoms with Gasteiger partial charge in [0.1, 0.15) is 17.9 Å². The number of amides is 2. The Labute approximate surface area is 162 Å². The first-order valence-corrected chi connectivity index (χ1v) is 8.41. The number of benzene rings is 1. The molecule has 0 aliphatic rings. The van der Waals surface area contributed by atoms with Gasteiger partial charge in [0.2, 0.25) is 11.8 Å². The second-order valence-corrected chi connectivity index (χ2v) is 5.83. The van der Waals surface area contributed by atoms with Crippen LogP contribution in [0.3, 0.4) is 0 Å². The smallest absolute Gasteiger partial charge is 0.330 e. The Morgan fingerprint density at radius 2 is 1.82 bits per heavy atom. The summed E-state index contributed by atoms with van der Waals surface area (Å²) in [5, 5.41) is 4.95. The lowest BCUT2D eigenvalue weighted by atomic mass is 10.0. The van der Waals surface area contributed by atoms with Crippen molar-refractivity contribution in [2.24, 2.45) is 0 Å². The predicted octanol–water partition coefficient (Wildman–Crippen LogP) is 0.650. The van der Waals surface area contributed by atoms with Gasteiger partial charge in [0.25, 0.3) is 0 Å². The van der Waals surface area contributed by atoms with Crippen LogP contribution in [0.1, 0.15) is 18.9 Å². The normalized spacial score (nSPS) is 12.7. The molecular weight excluding hydrogens is 371 g/mol. The Morgan fingerprint density at radius 1 is 1.11 bits per heavy atom. The lowest BCUT2D eigenvalue weighted by molar-refractivity contribution is -0.145. The van der Waals surface area contributed by atoms with Crippen molar-refractivity contribution in [1.29, 1.82) is 0 Å². The number of hydrogen-bond acceptors (Lipinski definition) is 6. The van der Waals surface area contributed by atoms with Gasteiger partial charge in [0.05, 0.1) is 14.2 Å². The lowest BCUT2D eigenvalue weighted by Crippen LogP contribution is -2.52. The van der Waals surface area contributed by atoms with Gasteiger partial charge in [-0.25, -0.2) is 14.0 Å². The SMILES string of the molecule is COC(=O)/C=C/C[C@@H](NC(=O)[C@H](Cc1cccc(F)c1)NC(C)=O)C(=O)OC. The van der Waals surface area contributed by atoms with Crippen molar-refractivity contribution < 1.29 is 33.0 Å². The molecule has 0 fully saturated rings. The van der Waals surface area contributed by atoms with E-state index in [1.165, 1.54) is 38.3 Å². The van der Waals surface area contributed by atoms with E-state index in [2.05, 4.69) is 20.1 Å². The summed E-state index contributed by atoms with van der Waals surface area (Å²) in [5.41, 5.74) is 0.495. The minimum atomic E-state index is -1.08. The zero-order chi connectivity index (χ0) is 21.1. The van der Waals surface area contributed by atoms with Gasteiger partial charge in [-0.2, -0.15) is 0 Å². The molecule has 8 nitrogen and oxygen atoms in total. The molecule has 2 N–H and O–H groups in total. The molecular formula is C19H23FN2O6. The summed E-state index contributed by atoms with van der Waals surface area (Å²) in [6.07, 6.45) is 2.46. The van der Waals surface area contributed by atoms with Crippen LogP contribution in [0.2, 0.25) is 0 Å². The van der Waals surface area contributed by atoms with Gasteiger partial charge < -0.3 is 20.1 Å². The zero-order valence-corrected chi connectivity index (χ0v) is 15.9. The van der Waals surface area contributed by atoms with Crippen LogP contribution in [-0.4, -0.2) is 50.1 Å². The van der Waals surface area contributed by atoms with Crippen molar-refractivity contribution in [1.82, 2.24) is 10.6 Å². The van der Waals surface area contributed by atoms with Crippen molar-refractivity contribution in [3.63, 3.8) is 0 Å². The van der Waals surface area contributed by atoms with Crippen molar-refractivity contribution in [2.45, 2.75) is 31.8 Å². The van der Waals surface area contributed by atoms with Crippen LogP contribution in [0, 0.1) is 5.82 Å². The summed E-state index contributed by atoms with van der Waals surface area (Å²) >= 11 is 0. The Hall–Kier alpha value is -3.23. The third-order valence-corrected chi connectivity index (χ3v) is 3.65. The Bertz CT molecular complexity index is 750. The summed E-state index contributed by atoms with van der Waals surface area (Å²) in [6.45, 7) is 1.24. The number of nitrogens with one attached hydrogen (secondary N) is 2. The van der Waals surface area contributed by atoms with E-state index in [1.54, 1.807) is 6.07 Å². The average Bonchev–Trinajstić information content (AvgIpc) is 2.65. The maximum Gasteiger partial charge on any atom is 0.330 e. The van der Waals surface area contributed by atoms with Gasteiger partial charge in [0, 0.05) is 19.4 Å². The predicted molar refractivity (Wildman–Crippen MR) is 97.4 cm³/mol. The highest BCUT2D eigenvalue weighted by Crippen LogP contribution is 2.08. The fourth-order valence-electron chi connectivity index (χ4n) is 2.35. The molecule has 0 aliphatic carbocycles. The Kier molecular flexibility index (Phi) is 9.35. The van der Waals surface area contributed by atoms with E-state index in [4.69, 9.17) is 0 Å². The average molecular weight is 394 g/mol. The Balaban J connectivity index is 2.91. The molecule has 0 aromatic heterocycles. The number of ether oxygens (including phenoxy) is 2. The molecule has 1 aromatic rings. The summed E-state index contributed by atoms with van der Waals surface area (Å²) in [7, 11) is 2.36. The minimum absolute atomic E-state index is 0.0229. The van der Waals surface area contributed by atoms with Crippen LogP contribution < -0.4 is 10.6 Å². The highest BCUT2D eigenvalue weighted by Gasteiger charge is 2.26. The van der Waals surface area contributed by atoms with Gasteiger partial charge in [-0.15, -0.1) is 0 Å². The van der Waals surface area contributed by atoms with Crippen LogP contribution in [0.15, 0.2) is 36.4 Å². The van der Waals surface area contributed by atoms with Crippen molar-refractivity contribution >= 4 is 23.8 Å². The summed E-state index contributed by atoms with van der Waals surface area (Å²) in [5.74, 6) is -2.93. The Morgan fingerprint density at radius 3 is 2.39 bits per heavy atom. The minimum Gasteiger partial charge on any atom is -0.467 e. The van der Waals surface area contributed by atoms with E-state index in [0.29, 0.717) is 5.56 Å². The van der Waals surface area contributed by atoms with Gasteiger partial charge in [-0.1, -0.05) is 18.2 Å². The standard InChI is InChI=1S/C19H23FN2O6/c1-12(23)21-16(11-13-6-4-7-14(20)10-13)18(25)22-15(19(26)28-3)8-5-9-17(24)27-2/h4-7,9-10,15-16H,8,11H2,1-3H3,(H,21,23)(H,22,25)/b9-5+/t15-,16+/m1/s1. The summed E-state index contributed by atoms with van der Waals surface area (Å²) in [6, 6.07) is 3.50. The van der Waals surface area contributed by atoms with Crippen LogP contribution in [0.5, 0.6) is 0 Å². The van der Waals surface area contributed by atoms with Gasteiger partial charge in [0.15, 0.2) is 0 Å². The van der Waals surface area contributed by atoms with Crippen molar-refractivity contribution in [3.05, 3.63) is 47.8 Å². The van der Waals surface area contributed by atoms with Crippen LogP contribution in [0.25, 0.3) is 0 Å². The fourth-order valence-corrected chi connectivity index (χ4v) is 2.35. The molecule has 0 saturated carbocycles. The maximum atomic E-state index is 13.4. The largest absolute Gasteiger partial charge is 0.467 e. The number of carbonyl (C=O) groups excluding carboxylic acids is 4. The molecule has 0 aliphatic heterocycles. The number of halogens is 1. The van der Waals surface area contributed by atoms with Gasteiger partial charge in [-0.05, 0) is 24.1 Å². The topological polar surface area (TPSA) is 111 Å². The van der Waals surface area contributed by atoms with Crippen molar-refractivity contribution in [3.8, 4) is 0 Å². The second kappa shape index (κ2) is 11.5. The van der Waals surface area contributed by atoms with Gasteiger partial charge >= 0.3 is 11.9 Å². The molecule has 0 unspecified atom stereocenters. The van der Waals surface area contributed by atoms with Gasteiger partial charge in [-0.3, -0.25) is 9.59 Å². The molecule has 1 aromatic carbocycles. The molecule has 2 amide bonds. The van der Waals surface area contributed by atoms with Crippen LogP contribution in [0.4, 0.5) is 4.39 Å². The second-order valence-electron chi connectivity index (χ2n) is 5.83. The number of carbonyl (C=O) groups is 4. The zero-order valence-electron chi connectivity index (χ0n) is 15.9. The van der Waals surface area contributed by atoms with Crippen LogP contribution >= 0.6 is 0 Å². The third kappa shape index (κ3) is 7.98. The molecule has 28 heavy (non-hydrogen) atoms. The van der Waals surface area contributed by atoms with E-state index in [-0.39, 0.29) is 12.8 Å². The molecule has 1 rings (SSSR count). The maximum absolute atomic E-state index is 13.4. The first-order chi connectivity index (χ1) is 13.3. The molecule has 0 spiro atoms. The van der Waals surface area contributed by atoms with E-state index in [9.17, 15) is 23.6 Å². The van der Waals surface area contributed by atoms with E-state index < -0.39 is 41.7 Å².